The van der Waals surface area contributed by atoms with Crippen molar-refractivity contribution in [3.63, 3.8) is 0 Å². The lowest BCUT2D eigenvalue weighted by Crippen LogP contribution is -2.39. The van der Waals surface area contributed by atoms with Gasteiger partial charge in [0.15, 0.2) is 0 Å². The Bertz CT molecular complexity index is 486. The van der Waals surface area contributed by atoms with E-state index in [0.717, 1.165) is 18.2 Å². The van der Waals surface area contributed by atoms with E-state index < -0.39 is 34.5 Å². The van der Waals surface area contributed by atoms with Crippen LogP contribution in [0.25, 0.3) is 0 Å². The number of aliphatic carboxylic acids is 1. The van der Waals surface area contributed by atoms with Crippen LogP contribution in [0, 0.1) is 17.0 Å². The largest absolute Gasteiger partial charge is 0.481 e. The summed E-state index contributed by atoms with van der Waals surface area (Å²) >= 11 is 0. The monoisotopic (exact) mass is 257 g/mol. The number of benzene rings is 1. The molecule has 0 unspecified atom stereocenters. The third-order valence-electron chi connectivity index (χ3n) is 2.44. The first-order valence-corrected chi connectivity index (χ1v) is 5.20. The smallest absolute Gasteiger partial charge is 0.310 e. The van der Waals surface area contributed by atoms with Gasteiger partial charge in [0, 0.05) is 6.54 Å². The van der Waals surface area contributed by atoms with Crippen molar-refractivity contribution in [1.29, 1.82) is 0 Å². The second-order valence-corrected chi connectivity index (χ2v) is 4.50. The fourth-order valence-corrected chi connectivity index (χ4v) is 1.14. The summed E-state index contributed by atoms with van der Waals surface area (Å²) in [6.07, 6.45) is 0. The van der Waals surface area contributed by atoms with Gasteiger partial charge in [0.2, 0.25) is 0 Å². The van der Waals surface area contributed by atoms with Crippen molar-refractivity contribution in [2.75, 3.05) is 6.54 Å². The summed E-state index contributed by atoms with van der Waals surface area (Å²) in [7, 11) is 0. The van der Waals surface area contributed by atoms with Gasteiger partial charge in [-0.3, -0.25) is 9.59 Å². The Kier molecular flexibility index (Phi) is 4.00. The molecular formula is C12H13F2NO3. The minimum atomic E-state index is -1.18. The molecule has 98 valence electrons. The summed E-state index contributed by atoms with van der Waals surface area (Å²) in [4.78, 5) is 22.4. The summed E-state index contributed by atoms with van der Waals surface area (Å²) in [6.45, 7) is 2.65. The maximum Gasteiger partial charge on any atom is 0.310 e. The van der Waals surface area contributed by atoms with E-state index in [1.807, 2.05) is 0 Å². The number of carboxylic acid groups (broad SMARTS) is 1. The van der Waals surface area contributed by atoms with Gasteiger partial charge in [-0.2, -0.15) is 0 Å². The van der Waals surface area contributed by atoms with Crippen molar-refractivity contribution in [3.8, 4) is 0 Å². The Morgan fingerprint density at radius 3 is 2.50 bits per heavy atom. The lowest BCUT2D eigenvalue weighted by atomic mass is 9.94. The molecule has 0 atom stereocenters. The molecule has 0 heterocycles. The van der Waals surface area contributed by atoms with Crippen molar-refractivity contribution >= 4 is 11.9 Å². The molecule has 0 aliphatic rings. The van der Waals surface area contributed by atoms with Crippen LogP contribution in [-0.4, -0.2) is 23.5 Å². The summed E-state index contributed by atoms with van der Waals surface area (Å²) in [5.41, 5.74) is -1.63. The molecule has 0 saturated carbocycles. The quantitative estimate of drug-likeness (QED) is 0.864. The molecule has 1 amide bonds. The van der Waals surface area contributed by atoms with Gasteiger partial charge in [0.05, 0.1) is 11.0 Å². The zero-order valence-electron chi connectivity index (χ0n) is 9.96. The molecular weight excluding hydrogens is 244 g/mol. The average molecular weight is 257 g/mol. The van der Waals surface area contributed by atoms with Crippen molar-refractivity contribution in [2.24, 2.45) is 5.41 Å². The Labute approximate surface area is 103 Å². The molecule has 0 aliphatic carbocycles. The van der Waals surface area contributed by atoms with Crippen LogP contribution in [0.2, 0.25) is 0 Å². The van der Waals surface area contributed by atoms with Gasteiger partial charge in [-0.05, 0) is 32.0 Å². The van der Waals surface area contributed by atoms with Gasteiger partial charge in [-0.25, -0.2) is 8.78 Å². The zero-order valence-corrected chi connectivity index (χ0v) is 9.96. The lowest BCUT2D eigenvalue weighted by molar-refractivity contribution is -0.146. The summed E-state index contributed by atoms with van der Waals surface area (Å²) < 4.78 is 26.1. The molecule has 0 radical (unpaired) electrons. The van der Waals surface area contributed by atoms with Crippen LogP contribution in [-0.2, 0) is 4.79 Å². The number of halogens is 2. The van der Waals surface area contributed by atoms with E-state index in [0.29, 0.717) is 0 Å². The molecule has 6 heteroatoms. The van der Waals surface area contributed by atoms with Gasteiger partial charge < -0.3 is 10.4 Å². The second-order valence-electron chi connectivity index (χ2n) is 4.50. The molecule has 0 spiro atoms. The molecule has 4 nitrogen and oxygen atoms in total. The third kappa shape index (κ3) is 3.26. The normalized spacial score (nSPS) is 11.1. The summed E-state index contributed by atoms with van der Waals surface area (Å²) in [5, 5.41) is 11.1. The van der Waals surface area contributed by atoms with Crippen LogP contribution in [0.5, 0.6) is 0 Å². The number of hydrogen-bond donors (Lipinski definition) is 2. The Hall–Kier alpha value is -1.98. The van der Waals surface area contributed by atoms with Crippen LogP contribution in [0.3, 0.4) is 0 Å². The Morgan fingerprint density at radius 1 is 1.33 bits per heavy atom. The number of rotatable bonds is 4. The van der Waals surface area contributed by atoms with Gasteiger partial charge in [-0.1, -0.05) is 0 Å². The minimum Gasteiger partial charge on any atom is -0.481 e. The Morgan fingerprint density at radius 2 is 1.94 bits per heavy atom. The standard InChI is InChI=1S/C12H13F2NO3/c1-12(2,11(17)18)6-15-10(16)8-5-7(13)3-4-9(8)14/h3-5H,6H2,1-2H3,(H,15,16)(H,17,18). The molecule has 0 bridgehead atoms. The first kappa shape index (κ1) is 14.1. The van der Waals surface area contributed by atoms with Crippen molar-refractivity contribution in [1.82, 2.24) is 5.32 Å². The molecule has 18 heavy (non-hydrogen) atoms. The highest BCUT2D eigenvalue weighted by atomic mass is 19.1. The third-order valence-corrected chi connectivity index (χ3v) is 2.44. The summed E-state index contributed by atoms with van der Waals surface area (Å²) in [6, 6.07) is 2.50. The number of carbonyl (C=O) groups excluding carboxylic acids is 1. The summed E-state index contributed by atoms with van der Waals surface area (Å²) in [5.74, 6) is -3.54. The number of carbonyl (C=O) groups is 2. The average Bonchev–Trinajstić information content (AvgIpc) is 2.29. The minimum absolute atomic E-state index is 0.183. The van der Waals surface area contributed by atoms with Gasteiger partial charge >= 0.3 is 5.97 Å². The maximum absolute atomic E-state index is 13.3. The highest BCUT2D eigenvalue weighted by Crippen LogP contribution is 2.14. The van der Waals surface area contributed by atoms with Gasteiger partial charge in [-0.15, -0.1) is 0 Å². The first-order valence-electron chi connectivity index (χ1n) is 5.20. The van der Waals surface area contributed by atoms with Crippen LogP contribution < -0.4 is 5.32 Å². The molecule has 0 aliphatic heterocycles. The fourth-order valence-electron chi connectivity index (χ4n) is 1.14. The van der Waals surface area contributed by atoms with E-state index in [2.05, 4.69) is 5.32 Å². The van der Waals surface area contributed by atoms with Crippen LogP contribution in [0.15, 0.2) is 18.2 Å². The van der Waals surface area contributed by atoms with Gasteiger partial charge in [0.1, 0.15) is 11.6 Å². The SMILES string of the molecule is CC(C)(CNC(=O)c1cc(F)ccc1F)C(=O)O. The second kappa shape index (κ2) is 5.12. The van der Waals surface area contributed by atoms with Crippen LogP contribution in [0.4, 0.5) is 8.78 Å². The van der Waals surface area contributed by atoms with Crippen molar-refractivity contribution in [2.45, 2.75) is 13.8 Å². The highest BCUT2D eigenvalue weighted by molar-refractivity contribution is 5.94. The van der Waals surface area contributed by atoms with E-state index in [1.54, 1.807) is 0 Å². The fraction of sp³-hybridized carbons (Fsp3) is 0.333. The maximum atomic E-state index is 13.3. The van der Waals surface area contributed by atoms with E-state index in [4.69, 9.17) is 5.11 Å². The van der Waals surface area contributed by atoms with E-state index in [9.17, 15) is 18.4 Å². The van der Waals surface area contributed by atoms with E-state index >= 15 is 0 Å². The molecule has 2 N–H and O–H groups in total. The van der Waals surface area contributed by atoms with Crippen LogP contribution in [0.1, 0.15) is 24.2 Å². The number of carboxylic acids is 1. The number of amides is 1. The Balaban J connectivity index is 2.78. The molecule has 0 saturated heterocycles. The molecule has 1 aromatic carbocycles. The van der Waals surface area contributed by atoms with Crippen molar-refractivity contribution in [3.05, 3.63) is 35.4 Å². The number of hydrogen-bond acceptors (Lipinski definition) is 2. The predicted molar refractivity (Wildman–Crippen MR) is 60.1 cm³/mol. The zero-order chi connectivity index (χ0) is 13.9. The highest BCUT2D eigenvalue weighted by Gasteiger charge is 2.28. The molecule has 0 fully saturated rings. The van der Waals surface area contributed by atoms with Crippen molar-refractivity contribution < 1.29 is 23.5 Å². The van der Waals surface area contributed by atoms with Gasteiger partial charge in [0.25, 0.3) is 5.91 Å². The van der Waals surface area contributed by atoms with E-state index in [1.165, 1.54) is 13.8 Å². The molecule has 0 aromatic heterocycles. The first-order chi connectivity index (χ1) is 8.24. The van der Waals surface area contributed by atoms with Crippen LogP contribution >= 0.6 is 0 Å². The lowest BCUT2D eigenvalue weighted by Gasteiger charge is -2.19. The number of nitrogens with one attached hydrogen (secondary N) is 1. The molecule has 1 aromatic rings. The topological polar surface area (TPSA) is 66.4 Å². The molecule has 1 rings (SSSR count). The predicted octanol–water partition coefficient (Wildman–Crippen LogP) is 1.81. The van der Waals surface area contributed by atoms with E-state index in [-0.39, 0.29) is 6.54 Å².